The van der Waals surface area contributed by atoms with E-state index >= 15 is 0 Å². The molecule has 0 unspecified atom stereocenters. The Hall–Kier alpha value is -1.89. The molecule has 1 rings (SSSR count). The quantitative estimate of drug-likeness (QED) is 0.535. The molecule has 6 nitrogen and oxygen atoms in total. The Labute approximate surface area is 141 Å². The molecule has 0 amide bonds. The molecule has 0 spiro atoms. The van der Waals surface area contributed by atoms with E-state index in [1.165, 1.54) is 12.1 Å². The van der Waals surface area contributed by atoms with Crippen LogP contribution < -0.4 is 5.63 Å². The number of hydrogen-bond donors (Lipinski definition) is 4. The van der Waals surface area contributed by atoms with Crippen LogP contribution in [0.5, 0.6) is 5.75 Å². The van der Waals surface area contributed by atoms with Crippen LogP contribution in [0.4, 0.5) is 0 Å². The topological polar surface area (TPSA) is 111 Å². The van der Waals surface area contributed by atoms with E-state index in [0.29, 0.717) is 0 Å². The third kappa shape index (κ3) is 6.70. The minimum Gasteiger partial charge on any atom is -0.508 e. The lowest BCUT2D eigenvalue weighted by Crippen LogP contribution is -2.20. The summed E-state index contributed by atoms with van der Waals surface area (Å²) in [5.41, 5.74) is 0.153. The molecule has 0 fully saturated rings. The van der Waals surface area contributed by atoms with Crippen LogP contribution in [0.2, 0.25) is 0 Å². The molecule has 1 aromatic rings. The SMILES string of the molecule is C/C=C(\C)[C@H](O)[C@@H](C)/C=C/[C@H](O)C[C@H](O)Cc1cc(O)cc(=O)o1. The summed E-state index contributed by atoms with van der Waals surface area (Å²) in [6.45, 7) is 5.51. The molecule has 134 valence electrons. The second-order valence-electron chi connectivity index (χ2n) is 5.98. The number of hydrogen-bond acceptors (Lipinski definition) is 6. The number of aromatic hydroxyl groups is 1. The minimum absolute atomic E-state index is 0.00436. The van der Waals surface area contributed by atoms with Gasteiger partial charge in [-0.25, -0.2) is 4.79 Å². The molecule has 4 atom stereocenters. The monoisotopic (exact) mass is 338 g/mol. The fraction of sp³-hybridized carbons (Fsp3) is 0.500. The summed E-state index contributed by atoms with van der Waals surface area (Å²) in [6.07, 6.45) is 2.65. The first-order chi connectivity index (χ1) is 11.2. The van der Waals surface area contributed by atoms with E-state index in [1.54, 1.807) is 6.08 Å². The standard InChI is InChI=1S/C18H26O6/c1-4-11(2)18(23)12(3)5-6-13(19)7-14(20)8-16-9-15(21)10-17(22)24-16/h4-6,9-10,12-14,18-21,23H,7-8H2,1-3H3/b6-5+,11-4+/t12-,13-,14-,18-/m0/s1. The summed E-state index contributed by atoms with van der Waals surface area (Å²) in [4.78, 5) is 11.1. The third-order valence-corrected chi connectivity index (χ3v) is 3.81. The number of allylic oxidation sites excluding steroid dienone is 1. The maximum atomic E-state index is 11.1. The van der Waals surface area contributed by atoms with Crippen LogP contribution in [0.15, 0.2) is 45.1 Å². The molecule has 0 aliphatic rings. The fourth-order valence-electron chi connectivity index (χ4n) is 2.28. The van der Waals surface area contributed by atoms with Crippen LogP contribution in [-0.2, 0) is 6.42 Å². The van der Waals surface area contributed by atoms with Gasteiger partial charge in [-0.1, -0.05) is 25.2 Å². The Morgan fingerprint density at radius 3 is 2.50 bits per heavy atom. The zero-order valence-corrected chi connectivity index (χ0v) is 14.2. The van der Waals surface area contributed by atoms with Gasteiger partial charge in [0.15, 0.2) is 0 Å². The Bertz CT molecular complexity index is 631. The molecule has 0 aliphatic heterocycles. The van der Waals surface area contributed by atoms with Crippen molar-refractivity contribution in [1.82, 2.24) is 0 Å². The maximum Gasteiger partial charge on any atom is 0.339 e. The summed E-state index contributed by atoms with van der Waals surface area (Å²) < 4.78 is 4.86. The first-order valence-corrected chi connectivity index (χ1v) is 7.91. The molecular weight excluding hydrogens is 312 g/mol. The van der Waals surface area contributed by atoms with Crippen molar-refractivity contribution in [2.45, 2.75) is 51.9 Å². The van der Waals surface area contributed by atoms with E-state index in [9.17, 15) is 25.2 Å². The van der Waals surface area contributed by atoms with Gasteiger partial charge in [0.2, 0.25) is 0 Å². The molecule has 1 aromatic heterocycles. The minimum atomic E-state index is -0.938. The molecule has 0 saturated heterocycles. The van der Waals surface area contributed by atoms with Crippen molar-refractivity contribution in [3.8, 4) is 5.75 Å². The van der Waals surface area contributed by atoms with Gasteiger partial charge in [0, 0.05) is 24.8 Å². The van der Waals surface area contributed by atoms with Gasteiger partial charge in [-0.2, -0.15) is 0 Å². The van der Waals surface area contributed by atoms with Gasteiger partial charge in [0.05, 0.1) is 24.4 Å². The Balaban J connectivity index is 2.56. The van der Waals surface area contributed by atoms with Crippen molar-refractivity contribution < 1.29 is 24.8 Å². The Morgan fingerprint density at radius 2 is 1.92 bits per heavy atom. The van der Waals surface area contributed by atoms with Crippen molar-refractivity contribution in [2.75, 3.05) is 0 Å². The van der Waals surface area contributed by atoms with Crippen LogP contribution >= 0.6 is 0 Å². The van der Waals surface area contributed by atoms with E-state index in [2.05, 4.69) is 0 Å². The molecule has 0 aliphatic carbocycles. The molecule has 0 radical (unpaired) electrons. The van der Waals surface area contributed by atoms with Crippen molar-refractivity contribution in [3.05, 3.63) is 52.1 Å². The molecule has 24 heavy (non-hydrogen) atoms. The highest BCUT2D eigenvalue weighted by atomic mass is 16.4. The second kappa shape index (κ2) is 9.42. The zero-order valence-electron chi connectivity index (χ0n) is 14.2. The highest BCUT2D eigenvalue weighted by Gasteiger charge is 2.15. The Kier molecular flexibility index (Phi) is 7.91. The smallest absolute Gasteiger partial charge is 0.339 e. The first kappa shape index (κ1) is 20.2. The molecule has 0 saturated carbocycles. The highest BCUT2D eigenvalue weighted by Crippen LogP contribution is 2.15. The third-order valence-electron chi connectivity index (χ3n) is 3.81. The van der Waals surface area contributed by atoms with Gasteiger partial charge in [0.1, 0.15) is 11.5 Å². The van der Waals surface area contributed by atoms with E-state index in [0.717, 1.165) is 11.6 Å². The predicted molar refractivity (Wildman–Crippen MR) is 90.7 cm³/mol. The largest absolute Gasteiger partial charge is 0.508 e. The van der Waals surface area contributed by atoms with E-state index in [4.69, 9.17) is 4.42 Å². The summed E-state index contributed by atoms with van der Waals surface area (Å²) in [7, 11) is 0. The number of aliphatic hydroxyl groups is 3. The molecule has 4 N–H and O–H groups in total. The van der Waals surface area contributed by atoms with E-state index in [1.807, 2.05) is 26.8 Å². The van der Waals surface area contributed by atoms with Crippen LogP contribution in [0.1, 0.15) is 33.0 Å². The summed E-state index contributed by atoms with van der Waals surface area (Å²) in [5.74, 6) is -0.246. The molecule has 0 aromatic carbocycles. The maximum absolute atomic E-state index is 11.1. The van der Waals surface area contributed by atoms with Gasteiger partial charge in [-0.3, -0.25) is 0 Å². The summed E-state index contributed by atoms with van der Waals surface area (Å²) in [5, 5.41) is 39.2. The van der Waals surface area contributed by atoms with Crippen molar-refractivity contribution in [2.24, 2.45) is 5.92 Å². The van der Waals surface area contributed by atoms with Gasteiger partial charge in [-0.05, 0) is 19.4 Å². The predicted octanol–water partition coefficient (Wildman–Crippen LogP) is 1.52. The van der Waals surface area contributed by atoms with Gasteiger partial charge in [0.25, 0.3) is 0 Å². The van der Waals surface area contributed by atoms with Crippen molar-refractivity contribution in [3.63, 3.8) is 0 Å². The number of aliphatic hydroxyl groups excluding tert-OH is 3. The highest BCUT2D eigenvalue weighted by molar-refractivity contribution is 5.18. The van der Waals surface area contributed by atoms with Crippen LogP contribution in [-0.4, -0.2) is 38.7 Å². The second-order valence-corrected chi connectivity index (χ2v) is 5.98. The average molecular weight is 338 g/mol. The lowest BCUT2D eigenvalue weighted by Gasteiger charge is -2.17. The van der Waals surface area contributed by atoms with Crippen molar-refractivity contribution >= 4 is 0 Å². The van der Waals surface area contributed by atoms with E-state index in [-0.39, 0.29) is 30.3 Å². The lowest BCUT2D eigenvalue weighted by molar-refractivity contribution is 0.0989. The molecular formula is C18H26O6. The Morgan fingerprint density at radius 1 is 1.25 bits per heavy atom. The van der Waals surface area contributed by atoms with Gasteiger partial charge >= 0.3 is 5.63 Å². The lowest BCUT2D eigenvalue weighted by atomic mass is 9.96. The first-order valence-electron chi connectivity index (χ1n) is 7.91. The van der Waals surface area contributed by atoms with E-state index < -0.39 is 23.9 Å². The summed E-state index contributed by atoms with van der Waals surface area (Å²) in [6, 6.07) is 2.19. The van der Waals surface area contributed by atoms with Gasteiger partial charge < -0.3 is 24.8 Å². The normalized spacial score (nSPS) is 17.7. The number of rotatable bonds is 8. The summed E-state index contributed by atoms with van der Waals surface area (Å²) >= 11 is 0. The molecule has 0 bridgehead atoms. The van der Waals surface area contributed by atoms with Crippen molar-refractivity contribution in [1.29, 1.82) is 0 Å². The van der Waals surface area contributed by atoms with Crippen LogP contribution in [0.25, 0.3) is 0 Å². The molecule has 1 heterocycles. The van der Waals surface area contributed by atoms with Gasteiger partial charge in [-0.15, -0.1) is 0 Å². The zero-order chi connectivity index (χ0) is 18.3. The average Bonchev–Trinajstić information content (AvgIpc) is 2.49. The van der Waals surface area contributed by atoms with Crippen LogP contribution in [0.3, 0.4) is 0 Å². The molecule has 6 heteroatoms. The van der Waals surface area contributed by atoms with Crippen LogP contribution in [0, 0.1) is 5.92 Å². The fourth-order valence-corrected chi connectivity index (χ4v) is 2.28.